The summed E-state index contributed by atoms with van der Waals surface area (Å²) in [6.45, 7) is 0.364. The van der Waals surface area contributed by atoms with Crippen LogP contribution >= 0.6 is 15.9 Å². The molecule has 0 aliphatic carbocycles. The lowest BCUT2D eigenvalue weighted by Gasteiger charge is -2.14. The van der Waals surface area contributed by atoms with Gasteiger partial charge in [-0.2, -0.15) is 5.26 Å². The Kier molecular flexibility index (Phi) is 2.64. The minimum Gasteiger partial charge on any atom is -0.336 e. The lowest BCUT2D eigenvalue weighted by molar-refractivity contribution is 0.0787. The molecule has 19 heavy (non-hydrogen) atoms. The van der Waals surface area contributed by atoms with Crippen LogP contribution in [0.5, 0.6) is 0 Å². The summed E-state index contributed by atoms with van der Waals surface area (Å²) in [5.41, 5.74) is 2.42. The third kappa shape index (κ3) is 1.66. The number of nitriles is 1. The highest BCUT2D eigenvalue weighted by Crippen LogP contribution is 2.30. The average Bonchev–Trinajstić information content (AvgIpc) is 2.75. The van der Waals surface area contributed by atoms with E-state index in [2.05, 4.69) is 27.0 Å². The van der Waals surface area contributed by atoms with Crippen molar-refractivity contribution in [2.45, 2.75) is 6.54 Å². The Labute approximate surface area is 118 Å². The van der Waals surface area contributed by atoms with E-state index < -0.39 is 0 Å². The summed E-state index contributed by atoms with van der Waals surface area (Å²) in [5.74, 6) is -0.0740. The molecule has 94 valence electrons. The molecule has 1 aliphatic heterocycles. The summed E-state index contributed by atoms with van der Waals surface area (Å²) in [6, 6.07) is 7.60. The van der Waals surface area contributed by atoms with Crippen molar-refractivity contribution in [2.24, 2.45) is 0 Å². The van der Waals surface area contributed by atoms with E-state index in [4.69, 9.17) is 5.26 Å². The second-order valence-electron chi connectivity index (χ2n) is 4.32. The van der Waals surface area contributed by atoms with E-state index in [0.717, 1.165) is 15.9 Å². The fraction of sp³-hybridized carbons (Fsp3) is 0.154. The molecule has 1 aromatic heterocycles. The number of nitrogens with zero attached hydrogens (tertiary/aromatic N) is 4. The molecule has 1 amide bonds. The van der Waals surface area contributed by atoms with E-state index in [1.54, 1.807) is 22.8 Å². The fourth-order valence-corrected chi connectivity index (χ4v) is 2.76. The normalized spacial score (nSPS) is 13.5. The minimum atomic E-state index is -0.0740. The van der Waals surface area contributed by atoms with Crippen molar-refractivity contribution in [1.29, 1.82) is 5.26 Å². The van der Waals surface area contributed by atoms with Crippen molar-refractivity contribution in [2.75, 3.05) is 7.05 Å². The topological polar surface area (TPSA) is 61.9 Å². The number of imidazole rings is 1. The summed E-state index contributed by atoms with van der Waals surface area (Å²) in [7, 11) is 1.72. The first kappa shape index (κ1) is 11.9. The van der Waals surface area contributed by atoms with E-state index in [1.807, 2.05) is 18.2 Å². The zero-order valence-corrected chi connectivity index (χ0v) is 11.7. The molecular formula is C13H9BrN4O. The SMILES string of the molecule is CN1Cc2c(C#N)ncn2-c2cccc(Br)c2C1=O. The van der Waals surface area contributed by atoms with Gasteiger partial charge in [0.25, 0.3) is 5.91 Å². The maximum absolute atomic E-state index is 12.4. The van der Waals surface area contributed by atoms with Gasteiger partial charge in [0.05, 0.1) is 23.5 Å². The summed E-state index contributed by atoms with van der Waals surface area (Å²) in [4.78, 5) is 18.1. The third-order valence-corrected chi connectivity index (χ3v) is 3.83. The maximum atomic E-state index is 12.4. The van der Waals surface area contributed by atoms with Crippen molar-refractivity contribution in [3.63, 3.8) is 0 Å². The molecule has 5 nitrogen and oxygen atoms in total. The molecule has 0 bridgehead atoms. The molecule has 1 aromatic carbocycles. The maximum Gasteiger partial charge on any atom is 0.257 e. The van der Waals surface area contributed by atoms with E-state index >= 15 is 0 Å². The van der Waals surface area contributed by atoms with Gasteiger partial charge >= 0.3 is 0 Å². The first-order valence-electron chi connectivity index (χ1n) is 5.64. The van der Waals surface area contributed by atoms with Crippen molar-refractivity contribution < 1.29 is 4.79 Å². The van der Waals surface area contributed by atoms with Gasteiger partial charge in [-0.3, -0.25) is 9.36 Å². The number of benzene rings is 1. The molecule has 0 N–H and O–H groups in total. The summed E-state index contributed by atoms with van der Waals surface area (Å²) >= 11 is 3.41. The predicted molar refractivity (Wildman–Crippen MR) is 71.8 cm³/mol. The number of halogens is 1. The number of hydrogen-bond donors (Lipinski definition) is 0. The zero-order valence-electron chi connectivity index (χ0n) is 10.1. The van der Waals surface area contributed by atoms with Crippen molar-refractivity contribution in [1.82, 2.24) is 14.5 Å². The molecule has 2 heterocycles. The van der Waals surface area contributed by atoms with Crippen LogP contribution in [0.1, 0.15) is 21.7 Å². The zero-order chi connectivity index (χ0) is 13.6. The first-order valence-corrected chi connectivity index (χ1v) is 6.43. The molecule has 0 saturated carbocycles. The van der Waals surface area contributed by atoms with Crippen molar-refractivity contribution in [3.05, 3.63) is 46.0 Å². The van der Waals surface area contributed by atoms with Gasteiger partial charge in [-0.15, -0.1) is 0 Å². The van der Waals surface area contributed by atoms with Crippen LogP contribution in [0.15, 0.2) is 29.0 Å². The van der Waals surface area contributed by atoms with Gasteiger partial charge in [0.2, 0.25) is 0 Å². The summed E-state index contributed by atoms with van der Waals surface area (Å²) < 4.78 is 2.54. The molecule has 0 saturated heterocycles. The van der Waals surface area contributed by atoms with Crippen LogP contribution < -0.4 is 0 Å². The van der Waals surface area contributed by atoms with Gasteiger partial charge in [-0.1, -0.05) is 6.07 Å². The Hall–Kier alpha value is -2.13. The molecule has 0 unspecified atom stereocenters. The van der Waals surface area contributed by atoms with Gasteiger partial charge in [-0.05, 0) is 28.1 Å². The quantitative estimate of drug-likeness (QED) is 0.747. The van der Waals surface area contributed by atoms with Crippen LogP contribution in [0.2, 0.25) is 0 Å². The number of hydrogen-bond acceptors (Lipinski definition) is 3. The monoisotopic (exact) mass is 316 g/mol. The summed E-state index contributed by atoms with van der Waals surface area (Å²) in [5, 5.41) is 9.09. The third-order valence-electron chi connectivity index (χ3n) is 3.17. The number of fused-ring (bicyclic) bond motifs is 3. The second-order valence-corrected chi connectivity index (χ2v) is 5.17. The van der Waals surface area contributed by atoms with Crippen LogP contribution in [0.4, 0.5) is 0 Å². The summed E-state index contributed by atoms with van der Waals surface area (Å²) in [6.07, 6.45) is 1.59. The second kappa shape index (κ2) is 4.21. The van der Waals surface area contributed by atoms with Gasteiger partial charge in [0.15, 0.2) is 5.69 Å². The minimum absolute atomic E-state index is 0.0740. The van der Waals surface area contributed by atoms with Crippen molar-refractivity contribution >= 4 is 21.8 Å². The molecule has 0 fully saturated rings. The first-order chi connectivity index (χ1) is 9.13. The number of aromatic nitrogens is 2. The molecule has 6 heteroatoms. The van der Waals surface area contributed by atoms with Gasteiger partial charge in [-0.25, -0.2) is 4.98 Å². The molecule has 2 aromatic rings. The molecule has 0 spiro atoms. The highest BCUT2D eigenvalue weighted by Gasteiger charge is 2.27. The van der Waals surface area contributed by atoms with Crippen LogP contribution in [0.25, 0.3) is 5.69 Å². The lowest BCUT2D eigenvalue weighted by Crippen LogP contribution is -2.25. The van der Waals surface area contributed by atoms with E-state index in [9.17, 15) is 4.79 Å². The standard InChI is InChI=1S/C13H9BrN4O/c1-17-6-11-9(5-15)16-7-18(11)10-4-2-3-8(14)12(10)13(17)19/h2-4,7H,6H2,1H3. The fourth-order valence-electron chi connectivity index (χ4n) is 2.24. The van der Waals surface area contributed by atoms with E-state index in [0.29, 0.717) is 17.8 Å². The van der Waals surface area contributed by atoms with E-state index in [-0.39, 0.29) is 5.91 Å². The number of rotatable bonds is 0. The Morgan fingerprint density at radius 2 is 2.26 bits per heavy atom. The molecular weight excluding hydrogens is 308 g/mol. The molecule has 0 radical (unpaired) electrons. The predicted octanol–water partition coefficient (Wildman–Crippen LogP) is 2.09. The highest BCUT2D eigenvalue weighted by atomic mass is 79.9. The Morgan fingerprint density at radius 1 is 1.47 bits per heavy atom. The molecule has 0 atom stereocenters. The van der Waals surface area contributed by atoms with Gasteiger partial charge in [0, 0.05) is 11.5 Å². The number of carbonyl (C=O) groups is 1. The Bertz CT molecular complexity index is 729. The van der Waals surface area contributed by atoms with Crippen LogP contribution in [-0.4, -0.2) is 27.4 Å². The van der Waals surface area contributed by atoms with Gasteiger partial charge in [0.1, 0.15) is 12.4 Å². The largest absolute Gasteiger partial charge is 0.336 e. The Morgan fingerprint density at radius 3 is 3.00 bits per heavy atom. The number of amides is 1. The van der Waals surface area contributed by atoms with E-state index in [1.165, 1.54) is 0 Å². The van der Waals surface area contributed by atoms with Crippen LogP contribution in [0, 0.1) is 11.3 Å². The molecule has 3 rings (SSSR count). The van der Waals surface area contributed by atoms with Crippen LogP contribution in [-0.2, 0) is 6.54 Å². The van der Waals surface area contributed by atoms with Crippen molar-refractivity contribution in [3.8, 4) is 11.8 Å². The lowest BCUT2D eigenvalue weighted by atomic mass is 10.1. The van der Waals surface area contributed by atoms with Gasteiger partial charge < -0.3 is 4.90 Å². The number of carbonyl (C=O) groups excluding carboxylic acids is 1. The smallest absolute Gasteiger partial charge is 0.257 e. The molecule has 1 aliphatic rings. The highest BCUT2D eigenvalue weighted by molar-refractivity contribution is 9.10. The van der Waals surface area contributed by atoms with Crippen LogP contribution in [0.3, 0.4) is 0 Å². The Balaban J connectivity index is 2.37. The average molecular weight is 317 g/mol.